The van der Waals surface area contributed by atoms with Crippen molar-refractivity contribution in [1.82, 2.24) is 5.32 Å². The van der Waals surface area contributed by atoms with Gasteiger partial charge in [0, 0.05) is 12.2 Å². The number of sulfonamides is 1. The molecule has 0 heterocycles. The minimum atomic E-state index is -3.67. The average molecular weight is 347 g/mol. The molecule has 7 heteroatoms. The number of amides is 2. The Balaban J connectivity index is 1.84. The molecule has 24 heavy (non-hydrogen) atoms. The van der Waals surface area contributed by atoms with Crippen LogP contribution >= 0.6 is 0 Å². The van der Waals surface area contributed by atoms with Crippen LogP contribution in [0.15, 0.2) is 53.4 Å². The molecule has 0 radical (unpaired) electrons. The summed E-state index contributed by atoms with van der Waals surface area (Å²) >= 11 is 0. The quantitative estimate of drug-likeness (QED) is 0.747. The van der Waals surface area contributed by atoms with E-state index in [1.165, 1.54) is 12.1 Å². The largest absolute Gasteiger partial charge is 0.338 e. The molecule has 0 aromatic heterocycles. The lowest BCUT2D eigenvalue weighted by atomic mass is 10.1. The van der Waals surface area contributed by atoms with Crippen LogP contribution in [-0.4, -0.2) is 21.0 Å². The van der Waals surface area contributed by atoms with Gasteiger partial charge < -0.3 is 10.6 Å². The van der Waals surface area contributed by atoms with Gasteiger partial charge in [0.1, 0.15) is 0 Å². The molecule has 0 saturated carbocycles. The Kier molecular flexibility index (Phi) is 5.94. The molecule has 0 bridgehead atoms. The van der Waals surface area contributed by atoms with E-state index < -0.39 is 10.0 Å². The van der Waals surface area contributed by atoms with Crippen molar-refractivity contribution >= 4 is 21.7 Å². The molecule has 0 unspecified atom stereocenters. The van der Waals surface area contributed by atoms with Crippen LogP contribution in [0.5, 0.6) is 0 Å². The van der Waals surface area contributed by atoms with E-state index in [1.54, 1.807) is 12.1 Å². The Morgan fingerprint density at radius 1 is 1.08 bits per heavy atom. The maximum atomic E-state index is 11.9. The second-order valence-electron chi connectivity index (χ2n) is 5.33. The second kappa shape index (κ2) is 7.94. The number of anilines is 1. The number of nitrogens with one attached hydrogen (secondary N) is 2. The van der Waals surface area contributed by atoms with Crippen LogP contribution in [0.25, 0.3) is 0 Å². The third-order valence-electron chi connectivity index (χ3n) is 3.60. The van der Waals surface area contributed by atoms with E-state index in [-0.39, 0.29) is 10.9 Å². The normalized spacial score (nSPS) is 11.1. The number of carbonyl (C=O) groups is 1. The Bertz CT molecular complexity index is 802. The number of hydrogen-bond donors (Lipinski definition) is 3. The van der Waals surface area contributed by atoms with Gasteiger partial charge in [0.05, 0.1) is 4.90 Å². The van der Waals surface area contributed by atoms with Crippen LogP contribution < -0.4 is 15.8 Å². The molecule has 2 aromatic rings. The highest BCUT2D eigenvalue weighted by molar-refractivity contribution is 7.89. The molecule has 0 fully saturated rings. The monoisotopic (exact) mass is 347 g/mol. The summed E-state index contributed by atoms with van der Waals surface area (Å²) in [5.41, 5.74) is 2.79. The van der Waals surface area contributed by atoms with E-state index in [1.807, 2.05) is 31.2 Å². The lowest BCUT2D eigenvalue weighted by Gasteiger charge is -2.11. The first kappa shape index (κ1) is 18.0. The number of rotatable bonds is 6. The Labute approximate surface area is 142 Å². The summed E-state index contributed by atoms with van der Waals surface area (Å²) in [6.45, 7) is 2.47. The zero-order valence-corrected chi connectivity index (χ0v) is 14.3. The molecule has 128 valence electrons. The maximum Gasteiger partial charge on any atom is 0.319 e. The van der Waals surface area contributed by atoms with Crippen LogP contribution in [0.2, 0.25) is 0 Å². The number of primary sulfonamides is 1. The number of aryl methyl sites for hydroxylation is 1. The van der Waals surface area contributed by atoms with E-state index in [4.69, 9.17) is 5.14 Å². The van der Waals surface area contributed by atoms with Crippen LogP contribution in [0.3, 0.4) is 0 Å². The summed E-state index contributed by atoms with van der Waals surface area (Å²) in [6, 6.07) is 13.7. The summed E-state index contributed by atoms with van der Waals surface area (Å²) in [5, 5.41) is 10.7. The predicted octanol–water partition coefficient (Wildman–Crippen LogP) is 2.26. The van der Waals surface area contributed by atoms with E-state index >= 15 is 0 Å². The van der Waals surface area contributed by atoms with Gasteiger partial charge in [-0.25, -0.2) is 18.4 Å². The topological polar surface area (TPSA) is 101 Å². The number of para-hydroxylation sites is 1. The van der Waals surface area contributed by atoms with Gasteiger partial charge in [-0.2, -0.15) is 0 Å². The minimum Gasteiger partial charge on any atom is -0.338 e. The van der Waals surface area contributed by atoms with E-state index in [2.05, 4.69) is 10.6 Å². The summed E-state index contributed by atoms with van der Waals surface area (Å²) in [6.07, 6.45) is 1.43. The van der Waals surface area contributed by atoms with Crippen molar-refractivity contribution in [1.29, 1.82) is 0 Å². The molecule has 0 aliphatic heterocycles. The van der Waals surface area contributed by atoms with Gasteiger partial charge in [-0.15, -0.1) is 0 Å². The smallest absolute Gasteiger partial charge is 0.319 e. The standard InChI is InChI=1S/C17H21N3O3S/c1-2-14-5-3-4-6-16(14)20-17(21)19-12-11-13-7-9-15(10-8-13)24(18,22)23/h3-10H,2,11-12H2,1H3,(H2,18,22,23)(H2,19,20,21). The van der Waals surface area contributed by atoms with Crippen LogP contribution in [0.4, 0.5) is 10.5 Å². The fraction of sp³-hybridized carbons (Fsp3) is 0.235. The van der Waals surface area contributed by atoms with Crippen molar-refractivity contribution in [3.8, 4) is 0 Å². The molecule has 2 rings (SSSR count). The fourth-order valence-corrected chi connectivity index (χ4v) is 2.80. The molecular weight excluding hydrogens is 326 g/mol. The lowest BCUT2D eigenvalue weighted by molar-refractivity contribution is 0.252. The van der Waals surface area contributed by atoms with Gasteiger partial charge in [-0.05, 0) is 42.2 Å². The highest BCUT2D eigenvalue weighted by atomic mass is 32.2. The van der Waals surface area contributed by atoms with Crippen molar-refractivity contribution in [2.24, 2.45) is 5.14 Å². The first-order valence-electron chi connectivity index (χ1n) is 7.64. The summed E-state index contributed by atoms with van der Waals surface area (Å²) in [4.78, 5) is 12.0. The summed E-state index contributed by atoms with van der Waals surface area (Å²) < 4.78 is 22.4. The van der Waals surface area contributed by atoms with Gasteiger partial charge in [0.2, 0.25) is 10.0 Å². The molecule has 0 aliphatic carbocycles. The van der Waals surface area contributed by atoms with E-state index in [9.17, 15) is 13.2 Å². The van der Waals surface area contributed by atoms with E-state index in [0.717, 1.165) is 23.2 Å². The highest BCUT2D eigenvalue weighted by Gasteiger charge is 2.07. The first-order chi connectivity index (χ1) is 11.4. The third-order valence-corrected chi connectivity index (χ3v) is 4.53. The van der Waals surface area contributed by atoms with Crippen molar-refractivity contribution < 1.29 is 13.2 Å². The van der Waals surface area contributed by atoms with Crippen LogP contribution in [-0.2, 0) is 22.9 Å². The summed E-state index contributed by atoms with van der Waals surface area (Å²) in [5.74, 6) is 0. The number of nitrogens with two attached hydrogens (primary N) is 1. The molecule has 2 amide bonds. The minimum absolute atomic E-state index is 0.0770. The Morgan fingerprint density at radius 2 is 1.75 bits per heavy atom. The lowest BCUT2D eigenvalue weighted by Crippen LogP contribution is -2.30. The fourth-order valence-electron chi connectivity index (χ4n) is 2.28. The second-order valence-corrected chi connectivity index (χ2v) is 6.89. The molecule has 0 atom stereocenters. The van der Waals surface area contributed by atoms with Crippen LogP contribution in [0, 0.1) is 0 Å². The number of hydrogen-bond acceptors (Lipinski definition) is 3. The molecule has 0 spiro atoms. The van der Waals surface area contributed by atoms with E-state index in [0.29, 0.717) is 13.0 Å². The first-order valence-corrected chi connectivity index (χ1v) is 9.19. The van der Waals surface area contributed by atoms with Gasteiger partial charge in [-0.3, -0.25) is 0 Å². The number of carbonyl (C=O) groups excluding carboxylic acids is 1. The van der Waals surface area contributed by atoms with Crippen molar-refractivity contribution in [3.05, 3.63) is 59.7 Å². The number of urea groups is 1. The Morgan fingerprint density at radius 3 is 2.38 bits per heavy atom. The molecule has 4 N–H and O–H groups in total. The molecule has 0 aliphatic rings. The average Bonchev–Trinajstić information content (AvgIpc) is 2.55. The SMILES string of the molecule is CCc1ccccc1NC(=O)NCCc1ccc(S(N)(=O)=O)cc1. The van der Waals surface area contributed by atoms with Crippen LogP contribution in [0.1, 0.15) is 18.1 Å². The zero-order chi connectivity index (χ0) is 17.6. The van der Waals surface area contributed by atoms with Gasteiger partial charge in [0.15, 0.2) is 0 Å². The van der Waals surface area contributed by atoms with Gasteiger partial charge in [-0.1, -0.05) is 37.3 Å². The maximum absolute atomic E-state index is 11.9. The van der Waals surface area contributed by atoms with Gasteiger partial charge >= 0.3 is 6.03 Å². The Hall–Kier alpha value is -2.38. The molecule has 2 aromatic carbocycles. The van der Waals surface area contributed by atoms with Crippen molar-refractivity contribution in [3.63, 3.8) is 0 Å². The highest BCUT2D eigenvalue weighted by Crippen LogP contribution is 2.15. The molecule has 0 saturated heterocycles. The van der Waals surface area contributed by atoms with Crippen molar-refractivity contribution in [2.45, 2.75) is 24.7 Å². The number of benzene rings is 2. The zero-order valence-electron chi connectivity index (χ0n) is 13.5. The molecular formula is C17H21N3O3S. The summed E-state index contributed by atoms with van der Waals surface area (Å²) in [7, 11) is -3.67. The molecule has 6 nitrogen and oxygen atoms in total. The van der Waals surface area contributed by atoms with Gasteiger partial charge in [0.25, 0.3) is 0 Å². The van der Waals surface area contributed by atoms with Crippen molar-refractivity contribution in [2.75, 3.05) is 11.9 Å². The third kappa shape index (κ3) is 5.07. The predicted molar refractivity (Wildman–Crippen MR) is 94.4 cm³/mol.